The molecule has 3 aromatic carbocycles. The summed E-state index contributed by atoms with van der Waals surface area (Å²) < 4.78 is 39.1. The van der Waals surface area contributed by atoms with Gasteiger partial charge in [0.15, 0.2) is 0 Å². The average molecular weight is 443 g/mol. The van der Waals surface area contributed by atoms with Crippen molar-refractivity contribution in [2.45, 2.75) is 6.18 Å². The van der Waals surface area contributed by atoms with Crippen molar-refractivity contribution in [2.24, 2.45) is 0 Å². The maximum absolute atomic E-state index is 12.7. The standard InChI is InChI=1S/C21H12F3N3O3S/c22-21(23,24)13-7-5-12(6-8-13)19(28)25-16-10-9-14(27(29)30)11-15(16)20-26-17-3-1-2-4-18(17)31-20/h1-11H,(H,25,28). The lowest BCUT2D eigenvalue weighted by atomic mass is 10.1. The molecule has 0 fully saturated rings. The minimum Gasteiger partial charge on any atom is -0.321 e. The summed E-state index contributed by atoms with van der Waals surface area (Å²) in [5.74, 6) is -0.648. The van der Waals surface area contributed by atoms with E-state index >= 15 is 0 Å². The largest absolute Gasteiger partial charge is 0.416 e. The Morgan fingerprint density at radius 1 is 1.03 bits per heavy atom. The molecular formula is C21H12F3N3O3S. The highest BCUT2D eigenvalue weighted by Crippen LogP contribution is 2.37. The van der Waals surface area contributed by atoms with Crippen molar-refractivity contribution in [3.8, 4) is 10.6 Å². The maximum atomic E-state index is 12.7. The summed E-state index contributed by atoms with van der Waals surface area (Å²) in [5, 5.41) is 14.3. The molecule has 0 unspecified atom stereocenters. The fourth-order valence-corrected chi connectivity index (χ4v) is 3.92. The normalized spacial score (nSPS) is 11.5. The lowest BCUT2D eigenvalue weighted by Gasteiger charge is -2.11. The van der Waals surface area contributed by atoms with E-state index in [4.69, 9.17) is 0 Å². The number of hydrogen-bond acceptors (Lipinski definition) is 5. The van der Waals surface area contributed by atoms with E-state index in [1.54, 1.807) is 6.07 Å². The molecule has 1 aromatic heterocycles. The van der Waals surface area contributed by atoms with Gasteiger partial charge in [0.1, 0.15) is 5.01 Å². The SMILES string of the molecule is O=C(Nc1ccc([N+](=O)[O-])cc1-c1nc2ccccc2s1)c1ccc(C(F)(F)F)cc1. The molecule has 0 saturated heterocycles. The van der Waals surface area contributed by atoms with Crippen LogP contribution in [0, 0.1) is 10.1 Å². The Labute approximate surface area is 177 Å². The summed E-state index contributed by atoms with van der Waals surface area (Å²) in [7, 11) is 0. The summed E-state index contributed by atoms with van der Waals surface area (Å²) in [6, 6.07) is 15.0. The smallest absolute Gasteiger partial charge is 0.321 e. The quantitative estimate of drug-likeness (QED) is 0.303. The number of nitrogens with one attached hydrogen (secondary N) is 1. The van der Waals surface area contributed by atoms with E-state index in [0.29, 0.717) is 16.1 Å². The van der Waals surface area contributed by atoms with E-state index in [9.17, 15) is 28.1 Å². The highest BCUT2D eigenvalue weighted by atomic mass is 32.1. The Bertz CT molecular complexity index is 1270. The molecule has 31 heavy (non-hydrogen) atoms. The van der Waals surface area contributed by atoms with Crippen LogP contribution in [0.3, 0.4) is 0 Å². The Morgan fingerprint density at radius 2 is 1.74 bits per heavy atom. The van der Waals surface area contributed by atoms with Crippen LogP contribution in [0.5, 0.6) is 0 Å². The van der Waals surface area contributed by atoms with Crippen molar-refractivity contribution < 1.29 is 22.9 Å². The molecule has 0 saturated carbocycles. The number of nitrogens with zero attached hydrogens (tertiary/aromatic N) is 2. The molecule has 4 aromatic rings. The lowest BCUT2D eigenvalue weighted by Crippen LogP contribution is -2.13. The predicted molar refractivity (Wildman–Crippen MR) is 111 cm³/mol. The molecule has 0 radical (unpaired) electrons. The number of para-hydroxylation sites is 1. The Balaban J connectivity index is 1.71. The first-order valence-corrected chi connectivity index (χ1v) is 9.67. The highest BCUT2D eigenvalue weighted by molar-refractivity contribution is 7.21. The first kappa shape index (κ1) is 20.5. The van der Waals surface area contributed by atoms with Gasteiger partial charge in [-0.25, -0.2) is 4.98 Å². The average Bonchev–Trinajstić information content (AvgIpc) is 3.17. The molecule has 6 nitrogen and oxygen atoms in total. The molecule has 0 aliphatic carbocycles. The molecule has 0 bridgehead atoms. The number of benzene rings is 3. The summed E-state index contributed by atoms with van der Waals surface area (Å²) in [5.41, 5.74) is 0.275. The van der Waals surface area contributed by atoms with Crippen LogP contribution in [-0.2, 0) is 6.18 Å². The summed E-state index contributed by atoms with van der Waals surface area (Å²) >= 11 is 1.30. The van der Waals surface area contributed by atoms with Crippen LogP contribution in [0.2, 0.25) is 0 Å². The number of nitro benzene ring substituents is 1. The minimum atomic E-state index is -4.51. The number of fused-ring (bicyclic) bond motifs is 1. The molecule has 1 amide bonds. The van der Waals surface area contributed by atoms with Gasteiger partial charge in [-0.2, -0.15) is 13.2 Å². The number of carbonyl (C=O) groups excluding carboxylic acids is 1. The number of nitro groups is 1. The predicted octanol–water partition coefficient (Wildman–Crippen LogP) is 6.14. The lowest BCUT2D eigenvalue weighted by molar-refractivity contribution is -0.384. The Kier molecular flexibility index (Phi) is 5.15. The Morgan fingerprint density at radius 3 is 2.39 bits per heavy atom. The second kappa shape index (κ2) is 7.80. The van der Waals surface area contributed by atoms with Gasteiger partial charge in [-0.3, -0.25) is 14.9 Å². The fourth-order valence-electron chi connectivity index (χ4n) is 2.92. The van der Waals surface area contributed by atoms with Crippen molar-refractivity contribution in [1.29, 1.82) is 0 Å². The van der Waals surface area contributed by atoms with Gasteiger partial charge < -0.3 is 5.32 Å². The number of rotatable bonds is 4. The fraction of sp³-hybridized carbons (Fsp3) is 0.0476. The van der Waals surface area contributed by atoms with Gasteiger partial charge in [-0.05, 0) is 42.5 Å². The summed E-state index contributed by atoms with van der Waals surface area (Å²) in [4.78, 5) is 27.8. The van der Waals surface area contributed by atoms with Gasteiger partial charge >= 0.3 is 6.18 Å². The van der Waals surface area contributed by atoms with Crippen LogP contribution in [0.1, 0.15) is 15.9 Å². The van der Waals surface area contributed by atoms with Crippen molar-refractivity contribution >= 4 is 38.8 Å². The number of alkyl halides is 3. The third kappa shape index (κ3) is 4.24. The van der Waals surface area contributed by atoms with Crippen LogP contribution in [0.4, 0.5) is 24.5 Å². The third-order valence-electron chi connectivity index (χ3n) is 4.46. The van der Waals surface area contributed by atoms with E-state index in [2.05, 4.69) is 10.3 Å². The molecule has 0 atom stereocenters. The maximum Gasteiger partial charge on any atom is 0.416 e. The van der Waals surface area contributed by atoms with E-state index in [1.807, 2.05) is 18.2 Å². The van der Waals surface area contributed by atoms with Crippen LogP contribution < -0.4 is 5.32 Å². The molecule has 1 heterocycles. The van der Waals surface area contributed by atoms with Gasteiger partial charge in [0.05, 0.1) is 26.4 Å². The van der Waals surface area contributed by atoms with Crippen molar-refractivity contribution in [3.05, 3.63) is 88.0 Å². The second-order valence-electron chi connectivity index (χ2n) is 6.50. The number of non-ortho nitro benzene ring substituents is 1. The summed E-state index contributed by atoms with van der Waals surface area (Å²) in [6.45, 7) is 0. The zero-order valence-corrected chi connectivity index (χ0v) is 16.3. The van der Waals surface area contributed by atoms with Crippen molar-refractivity contribution in [3.63, 3.8) is 0 Å². The molecule has 10 heteroatoms. The number of carbonyl (C=O) groups is 1. The van der Waals surface area contributed by atoms with Gasteiger partial charge in [-0.1, -0.05) is 12.1 Å². The zero-order chi connectivity index (χ0) is 22.2. The Hall–Kier alpha value is -3.79. The van der Waals surface area contributed by atoms with E-state index in [-0.39, 0.29) is 16.9 Å². The van der Waals surface area contributed by atoms with Crippen LogP contribution in [0.15, 0.2) is 66.7 Å². The molecule has 0 aliphatic heterocycles. The number of halogens is 3. The number of hydrogen-bond donors (Lipinski definition) is 1. The first-order chi connectivity index (χ1) is 14.7. The monoisotopic (exact) mass is 443 g/mol. The van der Waals surface area contributed by atoms with Gasteiger partial charge in [0.2, 0.25) is 0 Å². The second-order valence-corrected chi connectivity index (χ2v) is 7.53. The molecule has 1 N–H and O–H groups in total. The topological polar surface area (TPSA) is 85.1 Å². The van der Waals surface area contributed by atoms with E-state index in [1.165, 1.54) is 29.5 Å². The number of aromatic nitrogens is 1. The van der Waals surface area contributed by atoms with Crippen LogP contribution in [-0.4, -0.2) is 15.8 Å². The number of amides is 1. The zero-order valence-electron chi connectivity index (χ0n) is 15.5. The molecule has 0 aliphatic rings. The summed E-state index contributed by atoms with van der Waals surface area (Å²) in [6.07, 6.45) is -4.51. The number of anilines is 1. The highest BCUT2D eigenvalue weighted by Gasteiger charge is 2.30. The molecule has 156 valence electrons. The van der Waals surface area contributed by atoms with Gasteiger partial charge in [0.25, 0.3) is 11.6 Å². The number of thiazole rings is 1. The van der Waals surface area contributed by atoms with E-state index in [0.717, 1.165) is 29.0 Å². The first-order valence-electron chi connectivity index (χ1n) is 8.85. The third-order valence-corrected chi connectivity index (χ3v) is 5.53. The minimum absolute atomic E-state index is 0.0154. The van der Waals surface area contributed by atoms with E-state index < -0.39 is 22.6 Å². The molecular weight excluding hydrogens is 431 g/mol. The van der Waals surface area contributed by atoms with Crippen molar-refractivity contribution in [2.75, 3.05) is 5.32 Å². The van der Waals surface area contributed by atoms with Crippen LogP contribution in [0.25, 0.3) is 20.8 Å². The van der Waals surface area contributed by atoms with Gasteiger partial charge in [-0.15, -0.1) is 11.3 Å². The molecule has 4 rings (SSSR count). The van der Waals surface area contributed by atoms with Gasteiger partial charge in [0, 0.05) is 23.3 Å². The molecule has 0 spiro atoms. The van der Waals surface area contributed by atoms with Crippen molar-refractivity contribution in [1.82, 2.24) is 4.98 Å². The van der Waals surface area contributed by atoms with Crippen LogP contribution >= 0.6 is 11.3 Å².